The second-order valence-corrected chi connectivity index (χ2v) is 5.39. The van der Waals surface area contributed by atoms with Crippen LogP contribution in [0.5, 0.6) is 0 Å². The van der Waals surface area contributed by atoms with Crippen LogP contribution in [0.4, 0.5) is 0 Å². The quantitative estimate of drug-likeness (QED) is 0.931. The molecule has 1 unspecified atom stereocenters. The highest BCUT2D eigenvalue weighted by atomic mass is 16.4. The van der Waals surface area contributed by atoms with Crippen molar-refractivity contribution in [2.75, 3.05) is 13.1 Å². The zero-order valence-electron chi connectivity index (χ0n) is 11.5. The molecule has 2 heterocycles. The number of pyridine rings is 1. The number of carboxylic acid groups (broad SMARTS) is 1. The second-order valence-electron chi connectivity index (χ2n) is 5.39. The molecule has 0 bridgehead atoms. The van der Waals surface area contributed by atoms with Crippen LogP contribution in [0.15, 0.2) is 30.3 Å². The minimum atomic E-state index is -0.772. The molecule has 2 aromatic rings. The van der Waals surface area contributed by atoms with Gasteiger partial charge in [0.25, 0.3) is 0 Å². The van der Waals surface area contributed by atoms with Gasteiger partial charge in [0.1, 0.15) is 6.04 Å². The van der Waals surface area contributed by atoms with Crippen LogP contribution in [-0.4, -0.2) is 34.0 Å². The van der Waals surface area contributed by atoms with E-state index in [0.29, 0.717) is 0 Å². The van der Waals surface area contributed by atoms with Crippen LogP contribution in [0, 0.1) is 6.92 Å². The highest BCUT2D eigenvalue weighted by molar-refractivity contribution is 5.82. The molecule has 3 rings (SSSR count). The maximum atomic E-state index is 11.6. The fourth-order valence-electron chi connectivity index (χ4n) is 2.93. The van der Waals surface area contributed by atoms with Gasteiger partial charge in [-0.25, -0.2) is 0 Å². The summed E-state index contributed by atoms with van der Waals surface area (Å²) >= 11 is 0. The average molecular weight is 270 g/mol. The van der Waals surface area contributed by atoms with Gasteiger partial charge in [0, 0.05) is 11.1 Å². The Bertz CT molecular complexity index is 648. The van der Waals surface area contributed by atoms with Gasteiger partial charge >= 0.3 is 5.97 Å². The zero-order valence-corrected chi connectivity index (χ0v) is 11.5. The lowest BCUT2D eigenvalue weighted by Crippen LogP contribution is -2.31. The van der Waals surface area contributed by atoms with Gasteiger partial charge in [0.05, 0.1) is 5.52 Å². The van der Waals surface area contributed by atoms with E-state index in [-0.39, 0.29) is 0 Å². The molecular weight excluding hydrogens is 252 g/mol. The fraction of sp³-hybridized carbons (Fsp3) is 0.375. The van der Waals surface area contributed by atoms with Crippen molar-refractivity contribution < 1.29 is 9.90 Å². The summed E-state index contributed by atoms with van der Waals surface area (Å²) in [6.07, 6.45) is 2.16. The topological polar surface area (TPSA) is 53.4 Å². The minimum Gasteiger partial charge on any atom is -0.480 e. The molecule has 4 heteroatoms. The molecule has 1 aliphatic rings. The van der Waals surface area contributed by atoms with Crippen LogP contribution < -0.4 is 0 Å². The number of hydrogen-bond donors (Lipinski definition) is 1. The highest BCUT2D eigenvalue weighted by Gasteiger charge is 2.29. The van der Waals surface area contributed by atoms with Gasteiger partial charge in [-0.1, -0.05) is 12.1 Å². The number of aryl methyl sites for hydroxylation is 1. The van der Waals surface area contributed by atoms with E-state index in [2.05, 4.69) is 4.98 Å². The van der Waals surface area contributed by atoms with Gasteiger partial charge in [0.2, 0.25) is 0 Å². The number of hydrogen-bond acceptors (Lipinski definition) is 3. The van der Waals surface area contributed by atoms with Crippen molar-refractivity contribution in [2.45, 2.75) is 25.8 Å². The fourth-order valence-corrected chi connectivity index (χ4v) is 2.93. The Balaban J connectivity index is 2.02. The molecule has 0 radical (unpaired) electrons. The van der Waals surface area contributed by atoms with Gasteiger partial charge in [-0.2, -0.15) is 0 Å². The molecule has 0 spiro atoms. The SMILES string of the molecule is Cc1ccc2cc(C(C(=O)O)N3CCCC3)ccc2n1. The van der Waals surface area contributed by atoms with Gasteiger partial charge < -0.3 is 5.11 Å². The number of nitrogens with zero attached hydrogens (tertiary/aromatic N) is 2. The van der Waals surface area contributed by atoms with Gasteiger partial charge in [-0.15, -0.1) is 0 Å². The first-order valence-electron chi connectivity index (χ1n) is 6.99. The molecule has 1 atom stereocenters. The van der Waals surface area contributed by atoms with E-state index in [9.17, 15) is 9.90 Å². The molecule has 0 aliphatic carbocycles. The van der Waals surface area contributed by atoms with E-state index < -0.39 is 12.0 Å². The third-order valence-electron chi connectivity index (χ3n) is 3.91. The van der Waals surface area contributed by atoms with Crippen molar-refractivity contribution in [3.8, 4) is 0 Å². The number of likely N-dealkylation sites (tertiary alicyclic amines) is 1. The van der Waals surface area contributed by atoms with Crippen LogP contribution >= 0.6 is 0 Å². The van der Waals surface area contributed by atoms with Gasteiger partial charge in [0.15, 0.2) is 0 Å². The lowest BCUT2D eigenvalue weighted by molar-refractivity contribution is -0.143. The maximum absolute atomic E-state index is 11.6. The van der Waals surface area contributed by atoms with Crippen molar-refractivity contribution in [1.29, 1.82) is 0 Å². The first kappa shape index (κ1) is 13.1. The minimum absolute atomic E-state index is 0.539. The highest BCUT2D eigenvalue weighted by Crippen LogP contribution is 2.27. The Morgan fingerprint density at radius 3 is 2.70 bits per heavy atom. The Labute approximate surface area is 118 Å². The van der Waals surface area contributed by atoms with Crippen LogP contribution in [0.25, 0.3) is 10.9 Å². The van der Waals surface area contributed by atoms with E-state index in [1.165, 1.54) is 0 Å². The van der Waals surface area contributed by atoms with Crippen molar-refractivity contribution >= 4 is 16.9 Å². The Morgan fingerprint density at radius 1 is 1.25 bits per heavy atom. The third kappa shape index (κ3) is 2.39. The molecular formula is C16H18N2O2. The number of aromatic nitrogens is 1. The molecule has 1 fully saturated rings. The molecule has 0 amide bonds. The van der Waals surface area contributed by atoms with E-state index >= 15 is 0 Å². The summed E-state index contributed by atoms with van der Waals surface area (Å²) in [6.45, 7) is 3.68. The largest absolute Gasteiger partial charge is 0.480 e. The molecule has 4 nitrogen and oxygen atoms in total. The zero-order chi connectivity index (χ0) is 14.1. The number of aliphatic carboxylic acids is 1. The number of benzene rings is 1. The number of carbonyl (C=O) groups is 1. The Kier molecular flexibility index (Phi) is 3.40. The Hall–Kier alpha value is -1.94. The number of rotatable bonds is 3. The molecule has 1 aromatic carbocycles. The molecule has 1 N–H and O–H groups in total. The lowest BCUT2D eigenvalue weighted by Gasteiger charge is -2.24. The van der Waals surface area contributed by atoms with Gasteiger partial charge in [-0.05, 0) is 56.6 Å². The van der Waals surface area contributed by atoms with E-state index in [1.54, 1.807) is 0 Å². The first-order valence-corrected chi connectivity index (χ1v) is 6.99. The van der Waals surface area contributed by atoms with Crippen molar-refractivity contribution in [2.24, 2.45) is 0 Å². The van der Waals surface area contributed by atoms with Crippen molar-refractivity contribution in [1.82, 2.24) is 9.88 Å². The van der Waals surface area contributed by atoms with Crippen molar-refractivity contribution in [3.63, 3.8) is 0 Å². The Morgan fingerprint density at radius 2 is 2.00 bits per heavy atom. The predicted octanol–water partition coefficient (Wildman–Crippen LogP) is 2.76. The summed E-state index contributed by atoms with van der Waals surface area (Å²) in [7, 11) is 0. The summed E-state index contributed by atoms with van der Waals surface area (Å²) in [4.78, 5) is 18.1. The maximum Gasteiger partial charge on any atom is 0.325 e. The summed E-state index contributed by atoms with van der Waals surface area (Å²) < 4.78 is 0. The number of carboxylic acids is 1. The molecule has 1 saturated heterocycles. The number of fused-ring (bicyclic) bond motifs is 1. The summed E-state index contributed by atoms with van der Waals surface area (Å²) in [5, 5.41) is 10.5. The second kappa shape index (κ2) is 5.21. The monoisotopic (exact) mass is 270 g/mol. The van der Waals surface area contributed by atoms with Gasteiger partial charge in [-0.3, -0.25) is 14.7 Å². The molecule has 1 aliphatic heterocycles. The molecule has 0 saturated carbocycles. The lowest BCUT2D eigenvalue weighted by atomic mass is 10.0. The summed E-state index contributed by atoms with van der Waals surface area (Å²) in [5.74, 6) is -0.772. The van der Waals surface area contributed by atoms with Crippen LogP contribution in [0.2, 0.25) is 0 Å². The van der Waals surface area contributed by atoms with Crippen LogP contribution in [0.1, 0.15) is 30.1 Å². The predicted molar refractivity (Wildman–Crippen MR) is 77.7 cm³/mol. The van der Waals surface area contributed by atoms with E-state index in [1.807, 2.05) is 42.2 Å². The molecule has 1 aromatic heterocycles. The average Bonchev–Trinajstić information content (AvgIpc) is 2.92. The van der Waals surface area contributed by atoms with Crippen LogP contribution in [-0.2, 0) is 4.79 Å². The summed E-state index contributed by atoms with van der Waals surface area (Å²) in [6, 6.07) is 9.19. The van der Waals surface area contributed by atoms with Crippen molar-refractivity contribution in [3.05, 3.63) is 41.6 Å². The molecule has 104 valence electrons. The molecule has 20 heavy (non-hydrogen) atoms. The summed E-state index contributed by atoms with van der Waals surface area (Å²) in [5.41, 5.74) is 2.73. The third-order valence-corrected chi connectivity index (χ3v) is 3.91. The smallest absolute Gasteiger partial charge is 0.325 e. The first-order chi connectivity index (χ1) is 9.65. The van der Waals surface area contributed by atoms with Crippen LogP contribution in [0.3, 0.4) is 0 Å². The van der Waals surface area contributed by atoms with E-state index in [4.69, 9.17) is 0 Å². The normalized spacial score (nSPS) is 17.4. The van der Waals surface area contributed by atoms with E-state index in [0.717, 1.165) is 48.1 Å². The standard InChI is InChI=1S/C16H18N2O2/c1-11-4-5-12-10-13(6-7-14(12)17-11)15(16(19)20)18-8-2-3-9-18/h4-7,10,15H,2-3,8-9H2,1H3,(H,19,20).